The lowest BCUT2D eigenvalue weighted by Gasteiger charge is -2.24. The van der Waals surface area contributed by atoms with Crippen LogP contribution in [0.2, 0.25) is 0 Å². The number of hydrogen-bond acceptors (Lipinski definition) is 3. The third-order valence-corrected chi connectivity index (χ3v) is 5.08. The number of nitrogens with zero attached hydrogens (tertiary/aromatic N) is 2. The molecule has 1 aliphatic rings. The van der Waals surface area contributed by atoms with Crippen molar-refractivity contribution in [2.75, 3.05) is 10.6 Å². The van der Waals surface area contributed by atoms with Crippen molar-refractivity contribution in [3.8, 4) is 11.3 Å². The first-order valence-corrected chi connectivity index (χ1v) is 9.42. The van der Waals surface area contributed by atoms with Crippen molar-refractivity contribution in [1.82, 2.24) is 9.78 Å². The summed E-state index contributed by atoms with van der Waals surface area (Å²) in [5.74, 6) is 0.699. The summed E-state index contributed by atoms with van der Waals surface area (Å²) in [6.45, 7) is 0. The average molecular weight is 374 g/mol. The fourth-order valence-electron chi connectivity index (χ4n) is 3.14. The lowest BCUT2D eigenvalue weighted by Crippen LogP contribution is -2.27. The molecular weight excluding hydrogens is 352 g/mol. The Kier molecular flexibility index (Phi) is 4.93. The van der Waals surface area contributed by atoms with E-state index in [1.165, 1.54) is 0 Å². The molecule has 0 saturated heterocycles. The normalized spacial score (nSPS) is 13.6. The molecule has 0 unspecified atom stereocenters. The van der Waals surface area contributed by atoms with Crippen LogP contribution in [0.5, 0.6) is 0 Å². The third kappa shape index (κ3) is 3.81. The van der Waals surface area contributed by atoms with Gasteiger partial charge in [-0.25, -0.2) is 0 Å². The van der Waals surface area contributed by atoms with Gasteiger partial charge < -0.3 is 10.6 Å². The molecule has 1 fully saturated rings. The first kappa shape index (κ1) is 18.0. The summed E-state index contributed by atoms with van der Waals surface area (Å²) in [6, 6.07) is 18.5. The topological polar surface area (TPSA) is 76.0 Å². The van der Waals surface area contributed by atoms with Crippen LogP contribution in [0.3, 0.4) is 0 Å². The second-order valence-corrected chi connectivity index (χ2v) is 7.05. The van der Waals surface area contributed by atoms with Gasteiger partial charge >= 0.3 is 0 Å². The number of amides is 2. The molecule has 0 aliphatic heterocycles. The van der Waals surface area contributed by atoms with Crippen LogP contribution >= 0.6 is 0 Å². The molecule has 4 rings (SSSR count). The van der Waals surface area contributed by atoms with E-state index in [-0.39, 0.29) is 17.7 Å². The van der Waals surface area contributed by atoms with Gasteiger partial charge in [0.15, 0.2) is 0 Å². The number of rotatable bonds is 5. The molecular formula is C22H22N4O2. The Balaban J connectivity index is 1.45. The number of aromatic nitrogens is 2. The second-order valence-electron chi connectivity index (χ2n) is 7.05. The minimum absolute atomic E-state index is 0.0998. The van der Waals surface area contributed by atoms with Gasteiger partial charge in [-0.1, -0.05) is 36.8 Å². The highest BCUT2D eigenvalue weighted by molar-refractivity contribution is 6.04. The first-order valence-electron chi connectivity index (χ1n) is 9.42. The Morgan fingerprint density at radius 3 is 2.36 bits per heavy atom. The molecule has 1 aliphatic carbocycles. The van der Waals surface area contributed by atoms with Gasteiger partial charge in [0.2, 0.25) is 5.91 Å². The molecule has 1 heterocycles. The largest absolute Gasteiger partial charge is 0.326 e. The molecule has 6 heteroatoms. The summed E-state index contributed by atoms with van der Waals surface area (Å²) < 4.78 is 1.64. The third-order valence-electron chi connectivity index (χ3n) is 5.08. The first-order chi connectivity index (χ1) is 13.6. The zero-order valence-corrected chi connectivity index (χ0v) is 15.7. The van der Waals surface area contributed by atoms with Crippen LogP contribution < -0.4 is 10.6 Å². The van der Waals surface area contributed by atoms with Crippen LogP contribution in [0.4, 0.5) is 11.5 Å². The fourth-order valence-corrected chi connectivity index (χ4v) is 3.14. The molecule has 0 radical (unpaired) electrons. The maximum atomic E-state index is 12.4. The van der Waals surface area contributed by atoms with Gasteiger partial charge in [0.25, 0.3) is 5.91 Å². The van der Waals surface area contributed by atoms with Crippen LogP contribution in [-0.2, 0) is 11.8 Å². The average Bonchev–Trinajstić information content (AvgIpc) is 3.02. The van der Waals surface area contributed by atoms with Crippen molar-refractivity contribution in [3.63, 3.8) is 0 Å². The summed E-state index contributed by atoms with van der Waals surface area (Å²) in [5, 5.41) is 10.3. The number of aryl methyl sites for hydroxylation is 1. The van der Waals surface area contributed by atoms with Crippen molar-refractivity contribution in [3.05, 3.63) is 66.2 Å². The molecule has 2 aromatic carbocycles. The maximum absolute atomic E-state index is 12.4. The molecule has 0 spiro atoms. The maximum Gasteiger partial charge on any atom is 0.256 e. The second kappa shape index (κ2) is 7.68. The van der Waals surface area contributed by atoms with Gasteiger partial charge in [0.05, 0.1) is 5.69 Å². The molecule has 3 aromatic rings. The smallest absolute Gasteiger partial charge is 0.256 e. The van der Waals surface area contributed by atoms with Crippen molar-refractivity contribution < 1.29 is 9.59 Å². The van der Waals surface area contributed by atoms with Gasteiger partial charge in [-0.05, 0) is 37.1 Å². The Hall–Kier alpha value is -3.41. The minimum Gasteiger partial charge on any atom is -0.326 e. The van der Waals surface area contributed by atoms with Crippen LogP contribution in [0.15, 0.2) is 60.7 Å². The van der Waals surface area contributed by atoms with E-state index in [4.69, 9.17) is 0 Å². The van der Waals surface area contributed by atoms with Crippen LogP contribution in [0, 0.1) is 5.92 Å². The highest BCUT2D eigenvalue weighted by atomic mass is 16.2. The number of carbonyl (C=O) groups excluding carboxylic acids is 2. The fraction of sp³-hybridized carbons (Fsp3) is 0.227. The van der Waals surface area contributed by atoms with E-state index in [1.54, 1.807) is 23.9 Å². The van der Waals surface area contributed by atoms with Crippen molar-refractivity contribution in [1.29, 1.82) is 0 Å². The van der Waals surface area contributed by atoms with E-state index >= 15 is 0 Å². The van der Waals surface area contributed by atoms with Crippen molar-refractivity contribution >= 4 is 23.3 Å². The molecule has 2 N–H and O–H groups in total. The zero-order valence-electron chi connectivity index (χ0n) is 15.7. The summed E-state index contributed by atoms with van der Waals surface area (Å²) in [5.41, 5.74) is 3.05. The van der Waals surface area contributed by atoms with Crippen LogP contribution in [-0.4, -0.2) is 21.6 Å². The summed E-state index contributed by atoms with van der Waals surface area (Å²) in [4.78, 5) is 24.4. The Morgan fingerprint density at radius 1 is 1.00 bits per heavy atom. The van der Waals surface area contributed by atoms with Crippen molar-refractivity contribution in [2.24, 2.45) is 13.0 Å². The Bertz CT molecular complexity index is 989. The Morgan fingerprint density at radius 2 is 1.71 bits per heavy atom. The lowest BCUT2D eigenvalue weighted by molar-refractivity contribution is -0.122. The van der Waals surface area contributed by atoms with E-state index in [1.807, 2.05) is 48.5 Å². The summed E-state index contributed by atoms with van der Waals surface area (Å²) in [7, 11) is 1.79. The predicted molar refractivity (Wildman–Crippen MR) is 109 cm³/mol. The molecule has 2 amide bonds. The van der Waals surface area contributed by atoms with E-state index in [9.17, 15) is 9.59 Å². The van der Waals surface area contributed by atoms with E-state index < -0.39 is 0 Å². The monoisotopic (exact) mass is 374 g/mol. The summed E-state index contributed by atoms with van der Waals surface area (Å²) in [6.07, 6.45) is 3.10. The van der Waals surface area contributed by atoms with Gasteiger partial charge in [-0.3, -0.25) is 14.3 Å². The number of anilines is 2. The number of nitrogens with one attached hydrogen (secondary N) is 2. The van der Waals surface area contributed by atoms with E-state index in [0.29, 0.717) is 11.4 Å². The molecule has 0 atom stereocenters. The van der Waals surface area contributed by atoms with E-state index in [0.717, 1.165) is 36.2 Å². The molecule has 28 heavy (non-hydrogen) atoms. The zero-order chi connectivity index (χ0) is 19.5. The summed E-state index contributed by atoms with van der Waals surface area (Å²) >= 11 is 0. The molecule has 6 nitrogen and oxygen atoms in total. The molecule has 0 bridgehead atoms. The number of hydrogen-bond donors (Lipinski definition) is 2. The van der Waals surface area contributed by atoms with Crippen LogP contribution in [0.25, 0.3) is 11.3 Å². The lowest BCUT2D eigenvalue weighted by atomic mass is 9.85. The Labute approximate surface area is 163 Å². The van der Waals surface area contributed by atoms with Gasteiger partial charge in [0.1, 0.15) is 5.82 Å². The SMILES string of the molecule is Cn1nc(-c2ccc(NC(=O)C3CCC3)cc2)cc1NC(=O)c1ccccc1. The molecule has 1 saturated carbocycles. The van der Waals surface area contributed by atoms with Gasteiger partial charge in [0, 0.05) is 35.8 Å². The highest BCUT2D eigenvalue weighted by Crippen LogP contribution is 2.28. The minimum atomic E-state index is -0.177. The number of carbonyl (C=O) groups is 2. The molecule has 142 valence electrons. The van der Waals surface area contributed by atoms with Gasteiger partial charge in [-0.2, -0.15) is 5.10 Å². The van der Waals surface area contributed by atoms with Crippen LogP contribution in [0.1, 0.15) is 29.6 Å². The van der Waals surface area contributed by atoms with E-state index in [2.05, 4.69) is 15.7 Å². The van der Waals surface area contributed by atoms with Gasteiger partial charge in [-0.15, -0.1) is 0 Å². The van der Waals surface area contributed by atoms with Crippen molar-refractivity contribution in [2.45, 2.75) is 19.3 Å². The predicted octanol–water partition coefficient (Wildman–Crippen LogP) is 4.08. The quantitative estimate of drug-likeness (QED) is 0.707. The number of benzene rings is 2. The standard InChI is InChI=1S/C22H22N4O2/c1-26-20(24-22(28)16-6-3-2-4-7-16)14-19(25-26)15-10-12-18(13-11-15)23-21(27)17-8-5-9-17/h2-4,6-7,10-14,17H,5,8-9H2,1H3,(H,23,27)(H,24,28). The molecule has 1 aromatic heterocycles. The highest BCUT2D eigenvalue weighted by Gasteiger charge is 2.25.